The van der Waals surface area contributed by atoms with Crippen LogP contribution in [0.5, 0.6) is 0 Å². The van der Waals surface area contributed by atoms with Crippen LogP contribution in [0.25, 0.3) is 32.3 Å². The molecule has 0 radical (unpaired) electrons. The highest BCUT2D eigenvalue weighted by molar-refractivity contribution is 6.15. The van der Waals surface area contributed by atoms with E-state index in [0.717, 1.165) is 21.5 Å². The molecule has 0 atom stereocenters. The van der Waals surface area contributed by atoms with Crippen LogP contribution in [-0.4, -0.2) is 23.6 Å². The number of hydrogen-bond donors (Lipinski definition) is 1. The first-order chi connectivity index (χ1) is 12.1. The molecular formula is C21H12O4. The summed E-state index contributed by atoms with van der Waals surface area (Å²) < 4.78 is 0. The average Bonchev–Trinajstić information content (AvgIpc) is 2.62. The second kappa shape index (κ2) is 5.53. The smallest absolute Gasteiger partial charge is 0.336 e. The molecule has 0 amide bonds. The molecule has 0 bridgehead atoms. The molecule has 4 rings (SSSR count). The second-order valence-corrected chi connectivity index (χ2v) is 5.91. The highest BCUT2D eigenvalue weighted by Gasteiger charge is 2.17. The van der Waals surface area contributed by atoms with Crippen molar-refractivity contribution < 1.29 is 19.5 Å². The number of hydrogen-bond acceptors (Lipinski definition) is 3. The van der Waals surface area contributed by atoms with Gasteiger partial charge in [-0.2, -0.15) is 0 Å². The first-order valence-corrected chi connectivity index (χ1v) is 7.69. The van der Waals surface area contributed by atoms with E-state index in [1.165, 1.54) is 6.07 Å². The molecule has 0 unspecified atom stereocenters. The Morgan fingerprint density at radius 1 is 0.720 bits per heavy atom. The topological polar surface area (TPSA) is 71.4 Å². The Morgan fingerprint density at radius 2 is 1.28 bits per heavy atom. The van der Waals surface area contributed by atoms with Gasteiger partial charge in [-0.05, 0) is 62.6 Å². The van der Waals surface area contributed by atoms with Crippen LogP contribution in [-0.2, 0) is 0 Å². The number of aromatic carboxylic acids is 1. The predicted octanol–water partition coefficient (Wildman–Crippen LogP) is 4.47. The van der Waals surface area contributed by atoms with Gasteiger partial charge in [-0.15, -0.1) is 0 Å². The minimum Gasteiger partial charge on any atom is -0.478 e. The van der Waals surface area contributed by atoms with Crippen LogP contribution in [0.15, 0.2) is 54.6 Å². The minimum absolute atomic E-state index is 0.0878. The molecule has 0 spiro atoms. The molecule has 1 N–H and O–H groups in total. The molecule has 4 aromatic rings. The van der Waals surface area contributed by atoms with Gasteiger partial charge >= 0.3 is 5.97 Å². The molecule has 4 heteroatoms. The summed E-state index contributed by atoms with van der Waals surface area (Å²) in [5, 5.41) is 14.6. The Bertz CT molecular complexity index is 1210. The summed E-state index contributed by atoms with van der Waals surface area (Å²) in [5.41, 5.74) is -0.139. The molecule has 4 aromatic carbocycles. The zero-order chi connectivity index (χ0) is 17.6. The monoisotopic (exact) mass is 328 g/mol. The summed E-state index contributed by atoms with van der Waals surface area (Å²) in [6.07, 6.45) is 0.975. The quantitative estimate of drug-likeness (QED) is 0.445. The maximum Gasteiger partial charge on any atom is 0.336 e. The van der Waals surface area contributed by atoms with E-state index in [1.54, 1.807) is 0 Å². The lowest BCUT2D eigenvalue weighted by Gasteiger charge is -2.10. The molecular weight excluding hydrogens is 316 g/mol. The van der Waals surface area contributed by atoms with E-state index in [2.05, 4.69) is 0 Å². The maximum absolute atomic E-state index is 11.6. The van der Waals surface area contributed by atoms with Crippen molar-refractivity contribution in [2.45, 2.75) is 0 Å². The zero-order valence-corrected chi connectivity index (χ0v) is 13.0. The first kappa shape index (κ1) is 15.0. The molecule has 0 aliphatic rings. The Labute approximate surface area is 142 Å². The molecule has 4 nitrogen and oxygen atoms in total. The fraction of sp³-hybridized carbons (Fsp3) is 0. The van der Waals surface area contributed by atoms with E-state index in [1.807, 2.05) is 48.5 Å². The fourth-order valence-corrected chi connectivity index (χ4v) is 3.32. The molecule has 0 fully saturated rings. The van der Waals surface area contributed by atoms with Crippen molar-refractivity contribution in [2.24, 2.45) is 0 Å². The highest BCUT2D eigenvalue weighted by atomic mass is 16.4. The van der Waals surface area contributed by atoms with Gasteiger partial charge in [-0.3, -0.25) is 9.59 Å². The van der Waals surface area contributed by atoms with Crippen molar-refractivity contribution in [3.63, 3.8) is 0 Å². The van der Waals surface area contributed by atoms with Crippen molar-refractivity contribution in [3.8, 4) is 0 Å². The molecule has 0 saturated carbocycles. The molecule has 0 saturated heterocycles. The van der Waals surface area contributed by atoms with Gasteiger partial charge < -0.3 is 5.11 Å². The number of aldehydes is 2. The van der Waals surface area contributed by atoms with Crippen LogP contribution < -0.4 is 0 Å². The fourth-order valence-electron chi connectivity index (χ4n) is 3.32. The summed E-state index contributed by atoms with van der Waals surface area (Å²) in [7, 11) is 0. The molecule has 25 heavy (non-hydrogen) atoms. The summed E-state index contributed by atoms with van der Waals surface area (Å²) in [5.74, 6) is -1.23. The Balaban J connectivity index is 2.18. The molecule has 0 aliphatic carbocycles. The second-order valence-electron chi connectivity index (χ2n) is 5.91. The molecule has 0 aromatic heterocycles. The van der Waals surface area contributed by atoms with Gasteiger partial charge in [0.2, 0.25) is 0 Å². The van der Waals surface area contributed by atoms with Gasteiger partial charge in [0.05, 0.1) is 5.56 Å². The van der Waals surface area contributed by atoms with E-state index in [0.29, 0.717) is 23.3 Å². The number of carbonyl (C=O) groups excluding carboxylic acids is 2. The number of carbonyl (C=O) groups is 3. The Kier molecular flexibility index (Phi) is 3.32. The summed E-state index contributed by atoms with van der Waals surface area (Å²) in [6, 6.07) is 17.1. The normalized spacial score (nSPS) is 11.0. The number of carboxylic acid groups (broad SMARTS) is 1. The van der Waals surface area contributed by atoms with E-state index < -0.39 is 5.97 Å². The summed E-state index contributed by atoms with van der Waals surface area (Å²) in [4.78, 5) is 34.4. The SMILES string of the molecule is O=Cc1c(C(=O)O)cc2cc3cc4ccccc4cc3cc2c1C=O. The third-order valence-electron chi connectivity index (χ3n) is 4.51. The standard InChI is InChI=1S/C21H12O4/c22-10-19-17-8-15-6-13-4-2-1-3-12(13)5-14(15)7-16(17)9-18(21(24)25)20(19)11-23/h1-11H,(H,24,25). The van der Waals surface area contributed by atoms with Crippen LogP contribution in [0.4, 0.5) is 0 Å². The van der Waals surface area contributed by atoms with Crippen molar-refractivity contribution >= 4 is 50.9 Å². The lowest BCUT2D eigenvalue weighted by atomic mass is 9.92. The van der Waals surface area contributed by atoms with Crippen LogP contribution in [0.3, 0.4) is 0 Å². The Morgan fingerprint density at radius 3 is 1.84 bits per heavy atom. The molecule has 120 valence electrons. The van der Waals surface area contributed by atoms with Crippen molar-refractivity contribution in [2.75, 3.05) is 0 Å². The lowest BCUT2D eigenvalue weighted by Crippen LogP contribution is -2.06. The Hall–Kier alpha value is -3.53. The number of rotatable bonds is 3. The van der Waals surface area contributed by atoms with E-state index in [9.17, 15) is 19.5 Å². The van der Waals surface area contributed by atoms with E-state index >= 15 is 0 Å². The van der Waals surface area contributed by atoms with Crippen molar-refractivity contribution in [1.82, 2.24) is 0 Å². The largest absolute Gasteiger partial charge is 0.478 e. The van der Waals surface area contributed by atoms with Gasteiger partial charge in [0.25, 0.3) is 0 Å². The molecule has 0 heterocycles. The third kappa shape index (κ3) is 2.27. The van der Waals surface area contributed by atoms with E-state index in [4.69, 9.17) is 0 Å². The number of benzene rings is 4. The van der Waals surface area contributed by atoms with Crippen LogP contribution in [0.1, 0.15) is 31.1 Å². The average molecular weight is 328 g/mol. The summed E-state index contributed by atoms with van der Waals surface area (Å²) in [6.45, 7) is 0. The van der Waals surface area contributed by atoms with Crippen LogP contribution >= 0.6 is 0 Å². The minimum atomic E-state index is -1.23. The van der Waals surface area contributed by atoms with Gasteiger partial charge in [0.1, 0.15) is 0 Å². The number of carboxylic acids is 1. The van der Waals surface area contributed by atoms with E-state index in [-0.39, 0.29) is 16.7 Å². The van der Waals surface area contributed by atoms with Gasteiger partial charge in [0, 0.05) is 11.1 Å². The van der Waals surface area contributed by atoms with Gasteiger partial charge in [-0.25, -0.2) is 4.79 Å². The molecule has 0 aliphatic heterocycles. The van der Waals surface area contributed by atoms with Gasteiger partial charge in [0.15, 0.2) is 12.6 Å². The first-order valence-electron chi connectivity index (χ1n) is 7.69. The van der Waals surface area contributed by atoms with Crippen LogP contribution in [0.2, 0.25) is 0 Å². The van der Waals surface area contributed by atoms with Crippen molar-refractivity contribution in [1.29, 1.82) is 0 Å². The van der Waals surface area contributed by atoms with Crippen LogP contribution in [0, 0.1) is 0 Å². The van der Waals surface area contributed by atoms with Gasteiger partial charge in [-0.1, -0.05) is 24.3 Å². The predicted molar refractivity (Wildman–Crippen MR) is 96.7 cm³/mol. The summed E-state index contributed by atoms with van der Waals surface area (Å²) >= 11 is 0. The maximum atomic E-state index is 11.6. The highest BCUT2D eigenvalue weighted by Crippen LogP contribution is 2.31. The third-order valence-corrected chi connectivity index (χ3v) is 4.51. The zero-order valence-electron chi connectivity index (χ0n) is 13.0. The number of fused-ring (bicyclic) bond motifs is 3. The lowest BCUT2D eigenvalue weighted by molar-refractivity contribution is 0.0694. The van der Waals surface area contributed by atoms with Crippen molar-refractivity contribution in [3.05, 3.63) is 71.3 Å².